The van der Waals surface area contributed by atoms with Crippen LogP contribution in [0, 0.1) is 0 Å². The topological polar surface area (TPSA) is 137 Å². The molecule has 2 amide bonds. The maximum Gasteiger partial charge on any atom is 0.325 e. The minimum atomic E-state index is -0.709. The van der Waals surface area contributed by atoms with Gasteiger partial charge >= 0.3 is 5.69 Å². The molecule has 0 atom stereocenters. The van der Waals surface area contributed by atoms with Crippen molar-refractivity contribution in [1.29, 1.82) is 0 Å². The summed E-state index contributed by atoms with van der Waals surface area (Å²) in [7, 11) is 0. The molecule has 9 nitrogen and oxygen atoms in total. The third-order valence-corrected chi connectivity index (χ3v) is 3.22. The van der Waals surface area contributed by atoms with Gasteiger partial charge in [-0.2, -0.15) is 0 Å². The fraction of sp³-hybridized carbons (Fsp3) is 0. The van der Waals surface area contributed by atoms with Crippen molar-refractivity contribution in [3.05, 3.63) is 81.0 Å². The van der Waals surface area contributed by atoms with E-state index in [4.69, 9.17) is 4.42 Å². The molecule has 1 aromatic carbocycles. The van der Waals surface area contributed by atoms with Crippen molar-refractivity contribution in [3.8, 4) is 0 Å². The lowest BCUT2D eigenvalue weighted by Gasteiger charge is -2.06. The van der Waals surface area contributed by atoms with Crippen molar-refractivity contribution in [2.75, 3.05) is 10.6 Å². The number of nitrogens with one attached hydrogen (secondary N) is 4. The van der Waals surface area contributed by atoms with E-state index in [0.29, 0.717) is 5.69 Å². The number of H-pyrrole nitrogens is 2. The van der Waals surface area contributed by atoms with E-state index >= 15 is 0 Å². The van der Waals surface area contributed by atoms with Crippen LogP contribution in [0.2, 0.25) is 0 Å². The van der Waals surface area contributed by atoms with Crippen LogP contribution < -0.4 is 21.9 Å². The third kappa shape index (κ3) is 3.72. The predicted octanol–water partition coefficient (Wildman–Crippen LogP) is 1.16. The zero-order chi connectivity index (χ0) is 17.8. The normalized spacial score (nSPS) is 10.2. The second-order valence-electron chi connectivity index (χ2n) is 4.95. The van der Waals surface area contributed by atoms with Crippen LogP contribution in [0.1, 0.15) is 20.9 Å². The number of furan rings is 1. The van der Waals surface area contributed by atoms with Gasteiger partial charge in [-0.25, -0.2) is 4.79 Å². The van der Waals surface area contributed by atoms with Gasteiger partial charge in [-0.3, -0.25) is 19.4 Å². The number of carbonyl (C=O) groups excluding carboxylic acids is 2. The summed E-state index contributed by atoms with van der Waals surface area (Å²) in [5, 5.41) is 5.00. The summed E-state index contributed by atoms with van der Waals surface area (Å²) in [6, 6.07) is 9.15. The first-order valence-electron chi connectivity index (χ1n) is 7.11. The van der Waals surface area contributed by atoms with Gasteiger partial charge in [0.1, 0.15) is 5.69 Å². The Morgan fingerprint density at radius 1 is 0.960 bits per heavy atom. The summed E-state index contributed by atoms with van der Waals surface area (Å²) in [5.41, 5.74) is -0.722. The highest BCUT2D eigenvalue weighted by Gasteiger charge is 2.11. The number of hydrogen-bond acceptors (Lipinski definition) is 5. The first-order valence-corrected chi connectivity index (χ1v) is 7.11. The molecule has 126 valence electrons. The third-order valence-electron chi connectivity index (χ3n) is 3.22. The van der Waals surface area contributed by atoms with Crippen LogP contribution in [0.15, 0.2) is 62.9 Å². The lowest BCUT2D eigenvalue weighted by Crippen LogP contribution is -2.26. The van der Waals surface area contributed by atoms with Crippen LogP contribution >= 0.6 is 0 Å². The number of amides is 2. The second-order valence-corrected chi connectivity index (χ2v) is 4.95. The van der Waals surface area contributed by atoms with Crippen molar-refractivity contribution in [1.82, 2.24) is 9.97 Å². The zero-order valence-corrected chi connectivity index (χ0v) is 12.7. The highest BCUT2D eigenvalue weighted by molar-refractivity contribution is 6.05. The molecule has 0 aliphatic rings. The highest BCUT2D eigenvalue weighted by atomic mass is 16.3. The van der Waals surface area contributed by atoms with E-state index in [1.807, 2.05) is 4.98 Å². The fourth-order valence-electron chi connectivity index (χ4n) is 2.00. The molecule has 3 aromatic rings. The molecule has 0 radical (unpaired) electrons. The van der Waals surface area contributed by atoms with Gasteiger partial charge in [0.05, 0.1) is 6.26 Å². The molecule has 2 aromatic heterocycles. The van der Waals surface area contributed by atoms with E-state index in [-0.39, 0.29) is 17.0 Å². The van der Waals surface area contributed by atoms with Crippen LogP contribution in [-0.4, -0.2) is 21.8 Å². The lowest BCUT2D eigenvalue weighted by molar-refractivity contribution is 0.0995. The fourth-order valence-corrected chi connectivity index (χ4v) is 2.00. The van der Waals surface area contributed by atoms with E-state index in [9.17, 15) is 19.2 Å². The van der Waals surface area contributed by atoms with Gasteiger partial charge in [0.25, 0.3) is 17.4 Å². The van der Waals surface area contributed by atoms with E-state index in [1.165, 1.54) is 36.6 Å². The molecule has 0 saturated carbocycles. The number of aromatic nitrogens is 2. The molecule has 0 spiro atoms. The number of benzene rings is 1. The molecule has 0 bridgehead atoms. The monoisotopic (exact) mass is 340 g/mol. The van der Waals surface area contributed by atoms with Crippen molar-refractivity contribution >= 4 is 23.2 Å². The summed E-state index contributed by atoms with van der Waals surface area (Å²) in [6.45, 7) is 0. The van der Waals surface area contributed by atoms with Crippen molar-refractivity contribution in [2.45, 2.75) is 0 Å². The Morgan fingerprint density at radius 3 is 2.36 bits per heavy atom. The van der Waals surface area contributed by atoms with Gasteiger partial charge in [0, 0.05) is 17.4 Å². The summed E-state index contributed by atoms with van der Waals surface area (Å²) in [4.78, 5) is 50.7. The standard InChI is InChI=1S/C16H12N4O5/c21-13(19-11-8-17-16(24)20-14(11)22)9-3-5-10(6-4-9)18-15(23)12-2-1-7-25-12/h1-8H,(H,18,23)(H,19,21)(H2,17,20,22,24). The average Bonchev–Trinajstić information content (AvgIpc) is 3.13. The van der Waals surface area contributed by atoms with E-state index in [2.05, 4.69) is 15.6 Å². The molecule has 0 saturated heterocycles. The molecular weight excluding hydrogens is 328 g/mol. The van der Waals surface area contributed by atoms with Gasteiger partial charge in [0.15, 0.2) is 5.76 Å². The Bertz CT molecular complexity index is 1020. The lowest BCUT2D eigenvalue weighted by atomic mass is 10.2. The Morgan fingerprint density at radius 2 is 1.72 bits per heavy atom. The van der Waals surface area contributed by atoms with Crippen molar-refractivity contribution in [2.24, 2.45) is 0 Å². The summed E-state index contributed by atoms with van der Waals surface area (Å²) in [6.07, 6.45) is 2.50. The van der Waals surface area contributed by atoms with E-state index < -0.39 is 23.1 Å². The molecular formula is C16H12N4O5. The number of aromatic amines is 2. The van der Waals surface area contributed by atoms with Crippen LogP contribution in [0.5, 0.6) is 0 Å². The van der Waals surface area contributed by atoms with Crippen LogP contribution in [0.4, 0.5) is 11.4 Å². The van der Waals surface area contributed by atoms with Gasteiger partial charge < -0.3 is 20.0 Å². The van der Waals surface area contributed by atoms with Gasteiger partial charge in [-0.1, -0.05) is 0 Å². The first kappa shape index (κ1) is 16.0. The molecule has 2 heterocycles. The van der Waals surface area contributed by atoms with Crippen LogP contribution in [-0.2, 0) is 0 Å². The molecule has 0 unspecified atom stereocenters. The summed E-state index contributed by atoms with van der Waals surface area (Å²) in [5.74, 6) is -0.789. The molecule has 0 aliphatic carbocycles. The summed E-state index contributed by atoms with van der Waals surface area (Å²) >= 11 is 0. The Hall–Kier alpha value is -3.88. The molecule has 3 rings (SSSR count). The summed E-state index contributed by atoms with van der Waals surface area (Å²) < 4.78 is 4.98. The maximum atomic E-state index is 12.1. The number of carbonyl (C=O) groups is 2. The predicted molar refractivity (Wildman–Crippen MR) is 88.7 cm³/mol. The molecule has 0 fully saturated rings. The smallest absolute Gasteiger partial charge is 0.325 e. The Balaban J connectivity index is 1.69. The second kappa shape index (κ2) is 6.71. The molecule has 25 heavy (non-hydrogen) atoms. The minimum absolute atomic E-state index is 0.0835. The number of hydrogen-bond donors (Lipinski definition) is 4. The van der Waals surface area contributed by atoms with E-state index in [0.717, 1.165) is 6.20 Å². The SMILES string of the molecule is O=C(Nc1c[nH]c(=O)[nH]c1=O)c1ccc(NC(=O)c2ccco2)cc1. The number of rotatable bonds is 4. The van der Waals surface area contributed by atoms with Gasteiger partial charge in [-0.05, 0) is 36.4 Å². The highest BCUT2D eigenvalue weighted by Crippen LogP contribution is 2.12. The minimum Gasteiger partial charge on any atom is -0.459 e. The largest absolute Gasteiger partial charge is 0.459 e. The van der Waals surface area contributed by atoms with E-state index in [1.54, 1.807) is 6.07 Å². The Labute approximate surface area is 139 Å². The van der Waals surface area contributed by atoms with Crippen LogP contribution in [0.3, 0.4) is 0 Å². The quantitative estimate of drug-likeness (QED) is 0.565. The number of anilines is 2. The van der Waals surface area contributed by atoms with Gasteiger partial charge in [0.2, 0.25) is 0 Å². The molecule has 4 N–H and O–H groups in total. The van der Waals surface area contributed by atoms with Crippen molar-refractivity contribution in [3.63, 3.8) is 0 Å². The first-order chi connectivity index (χ1) is 12.0. The maximum absolute atomic E-state index is 12.1. The zero-order valence-electron chi connectivity index (χ0n) is 12.7. The van der Waals surface area contributed by atoms with Crippen LogP contribution in [0.25, 0.3) is 0 Å². The molecule has 0 aliphatic heterocycles. The van der Waals surface area contributed by atoms with Gasteiger partial charge in [-0.15, -0.1) is 0 Å². The average molecular weight is 340 g/mol. The van der Waals surface area contributed by atoms with Crippen molar-refractivity contribution < 1.29 is 14.0 Å². The Kier molecular flexibility index (Phi) is 4.29. The molecule has 9 heteroatoms.